The van der Waals surface area contributed by atoms with Crippen molar-refractivity contribution in [3.8, 4) is 0 Å². The molecule has 1 aliphatic carbocycles. The van der Waals surface area contributed by atoms with Gasteiger partial charge in [-0.15, -0.1) is 0 Å². The van der Waals surface area contributed by atoms with Crippen LogP contribution in [-0.2, 0) is 9.47 Å². The first-order chi connectivity index (χ1) is 11.8. The molecule has 0 aromatic heterocycles. The molecule has 3 heteroatoms. The summed E-state index contributed by atoms with van der Waals surface area (Å²) in [4.78, 5) is 13.1. The van der Waals surface area contributed by atoms with Crippen LogP contribution in [0.4, 0.5) is 0 Å². The lowest BCUT2D eigenvalue weighted by molar-refractivity contribution is -0.165. The van der Waals surface area contributed by atoms with Crippen LogP contribution in [0.1, 0.15) is 40.2 Å². The summed E-state index contributed by atoms with van der Waals surface area (Å²) in [6.07, 6.45) is 1.77. The molecular formula is C21H18O3. The summed E-state index contributed by atoms with van der Waals surface area (Å²) in [5.41, 5.74) is 3.65. The highest BCUT2D eigenvalue weighted by atomic mass is 16.7. The maximum Gasteiger partial charge on any atom is 0.203 e. The standard InChI is InChI=1S/C21H18O3/c22-19-14-9-4-5-10-15(14)20-18(19)17(13-7-2-1-3-8-13)16-11-6-12-23-21(16)24-20/h1-5,7-10,16-17,21H,6,11-12H2/t16-,17+,21+/m0/s1. The van der Waals surface area contributed by atoms with E-state index in [-0.39, 0.29) is 23.9 Å². The van der Waals surface area contributed by atoms with E-state index in [9.17, 15) is 4.79 Å². The van der Waals surface area contributed by atoms with Gasteiger partial charge in [-0.25, -0.2) is 0 Å². The highest BCUT2D eigenvalue weighted by molar-refractivity contribution is 6.20. The summed E-state index contributed by atoms with van der Waals surface area (Å²) < 4.78 is 12.1. The van der Waals surface area contributed by atoms with Gasteiger partial charge >= 0.3 is 0 Å². The smallest absolute Gasteiger partial charge is 0.203 e. The van der Waals surface area contributed by atoms with E-state index in [4.69, 9.17) is 9.47 Å². The van der Waals surface area contributed by atoms with E-state index in [1.165, 1.54) is 5.56 Å². The Kier molecular flexibility index (Phi) is 3.10. The molecular weight excluding hydrogens is 300 g/mol. The molecule has 1 saturated heterocycles. The van der Waals surface area contributed by atoms with Crippen LogP contribution >= 0.6 is 0 Å². The topological polar surface area (TPSA) is 35.5 Å². The average molecular weight is 318 g/mol. The van der Waals surface area contributed by atoms with Gasteiger partial charge < -0.3 is 9.47 Å². The van der Waals surface area contributed by atoms with Crippen molar-refractivity contribution in [2.75, 3.05) is 6.61 Å². The zero-order valence-electron chi connectivity index (χ0n) is 13.3. The van der Waals surface area contributed by atoms with Gasteiger partial charge in [0.1, 0.15) is 5.76 Å². The van der Waals surface area contributed by atoms with Crippen molar-refractivity contribution >= 4 is 11.5 Å². The summed E-state index contributed by atoms with van der Waals surface area (Å²) in [7, 11) is 0. The first-order valence-corrected chi connectivity index (χ1v) is 8.56. The van der Waals surface area contributed by atoms with E-state index in [1.807, 2.05) is 42.5 Å². The average Bonchev–Trinajstić information content (AvgIpc) is 2.93. The maximum atomic E-state index is 13.1. The fourth-order valence-electron chi connectivity index (χ4n) is 4.31. The highest BCUT2D eigenvalue weighted by Gasteiger charge is 2.48. The lowest BCUT2D eigenvalue weighted by Crippen LogP contribution is -2.40. The number of hydrogen-bond acceptors (Lipinski definition) is 3. The van der Waals surface area contributed by atoms with Gasteiger partial charge in [-0.3, -0.25) is 4.79 Å². The first-order valence-electron chi connectivity index (χ1n) is 8.56. The summed E-state index contributed by atoms with van der Waals surface area (Å²) in [6.45, 7) is 0.723. The molecule has 2 heterocycles. The van der Waals surface area contributed by atoms with Gasteiger partial charge in [0.05, 0.1) is 12.2 Å². The Morgan fingerprint density at radius 1 is 0.917 bits per heavy atom. The number of carbonyl (C=O) groups excluding carboxylic acids is 1. The van der Waals surface area contributed by atoms with Crippen LogP contribution in [0.2, 0.25) is 0 Å². The first kappa shape index (κ1) is 14.0. The molecule has 3 atom stereocenters. The third-order valence-corrected chi connectivity index (χ3v) is 5.35. The summed E-state index contributed by atoms with van der Waals surface area (Å²) in [5, 5.41) is 0. The van der Waals surface area contributed by atoms with E-state index < -0.39 is 0 Å². The van der Waals surface area contributed by atoms with Gasteiger partial charge in [-0.1, -0.05) is 54.6 Å². The zero-order chi connectivity index (χ0) is 16.1. The molecule has 0 saturated carbocycles. The van der Waals surface area contributed by atoms with E-state index in [1.54, 1.807) is 0 Å². The minimum absolute atomic E-state index is 0.0418. The van der Waals surface area contributed by atoms with Crippen LogP contribution in [-0.4, -0.2) is 18.7 Å². The lowest BCUT2D eigenvalue weighted by atomic mass is 9.74. The molecule has 0 amide bonds. The maximum absolute atomic E-state index is 13.1. The fraction of sp³-hybridized carbons (Fsp3) is 0.286. The third-order valence-electron chi connectivity index (χ3n) is 5.35. The second-order valence-corrected chi connectivity index (χ2v) is 6.67. The summed E-state index contributed by atoms with van der Waals surface area (Å²) in [6, 6.07) is 18.1. The summed E-state index contributed by atoms with van der Waals surface area (Å²) >= 11 is 0. The van der Waals surface area contributed by atoms with Crippen molar-refractivity contribution in [2.24, 2.45) is 5.92 Å². The van der Waals surface area contributed by atoms with Crippen LogP contribution in [0.25, 0.3) is 5.76 Å². The number of ketones is 1. The number of benzene rings is 2. The Hall–Kier alpha value is -2.39. The number of hydrogen-bond donors (Lipinski definition) is 0. The molecule has 3 aliphatic rings. The minimum Gasteiger partial charge on any atom is -0.463 e. The van der Waals surface area contributed by atoms with Crippen molar-refractivity contribution in [3.05, 3.63) is 76.9 Å². The molecule has 24 heavy (non-hydrogen) atoms. The van der Waals surface area contributed by atoms with Gasteiger partial charge in [0, 0.05) is 23.0 Å². The van der Waals surface area contributed by atoms with Gasteiger partial charge in [0.15, 0.2) is 5.78 Å². The second kappa shape index (κ2) is 5.32. The van der Waals surface area contributed by atoms with Crippen molar-refractivity contribution < 1.29 is 14.3 Å². The van der Waals surface area contributed by atoms with Crippen molar-refractivity contribution in [1.29, 1.82) is 0 Å². The second-order valence-electron chi connectivity index (χ2n) is 6.67. The predicted molar refractivity (Wildman–Crippen MR) is 90.4 cm³/mol. The van der Waals surface area contributed by atoms with Gasteiger partial charge in [-0.2, -0.15) is 0 Å². The van der Waals surface area contributed by atoms with E-state index in [0.717, 1.165) is 41.9 Å². The zero-order valence-corrected chi connectivity index (χ0v) is 13.3. The van der Waals surface area contributed by atoms with Crippen molar-refractivity contribution in [2.45, 2.75) is 25.0 Å². The Bertz CT molecular complexity index is 837. The predicted octanol–water partition coefficient (Wildman–Crippen LogP) is 4.16. The Balaban J connectivity index is 1.71. The van der Waals surface area contributed by atoms with Crippen LogP contribution in [0, 0.1) is 5.92 Å². The summed E-state index contributed by atoms with van der Waals surface area (Å²) in [5.74, 6) is 1.07. The number of carbonyl (C=O) groups is 1. The number of fused-ring (bicyclic) bond motifs is 3. The molecule has 0 radical (unpaired) electrons. The molecule has 2 aromatic rings. The van der Waals surface area contributed by atoms with E-state index in [0.29, 0.717) is 0 Å². The van der Waals surface area contributed by atoms with Crippen LogP contribution in [0.5, 0.6) is 0 Å². The Morgan fingerprint density at radius 2 is 1.67 bits per heavy atom. The monoisotopic (exact) mass is 318 g/mol. The lowest BCUT2D eigenvalue weighted by Gasteiger charge is -2.41. The number of allylic oxidation sites excluding steroid dienone is 1. The normalized spacial score (nSPS) is 28.0. The van der Waals surface area contributed by atoms with E-state index >= 15 is 0 Å². The van der Waals surface area contributed by atoms with Crippen LogP contribution in [0.3, 0.4) is 0 Å². The van der Waals surface area contributed by atoms with Crippen LogP contribution in [0.15, 0.2) is 60.2 Å². The molecule has 3 nitrogen and oxygen atoms in total. The molecule has 0 N–H and O–H groups in total. The SMILES string of the molecule is O=C1C2=C(O[C@H]3OCCC[C@H]3[C@H]2c2ccccc2)c2ccccc21. The van der Waals surface area contributed by atoms with Gasteiger partial charge in [0.2, 0.25) is 6.29 Å². The molecule has 120 valence electrons. The quantitative estimate of drug-likeness (QED) is 0.792. The molecule has 0 bridgehead atoms. The third kappa shape index (κ3) is 1.91. The van der Waals surface area contributed by atoms with Crippen molar-refractivity contribution in [1.82, 2.24) is 0 Å². The van der Waals surface area contributed by atoms with E-state index in [2.05, 4.69) is 12.1 Å². The number of rotatable bonds is 1. The van der Waals surface area contributed by atoms with Gasteiger partial charge in [-0.05, 0) is 18.4 Å². The molecule has 1 fully saturated rings. The Morgan fingerprint density at radius 3 is 2.50 bits per heavy atom. The number of Topliss-reactive ketones (excluding diaryl/α,β-unsaturated/α-hetero) is 1. The molecule has 0 spiro atoms. The minimum atomic E-state index is -0.262. The highest BCUT2D eigenvalue weighted by Crippen LogP contribution is 2.51. The van der Waals surface area contributed by atoms with Gasteiger partial charge in [0.25, 0.3) is 0 Å². The number of ether oxygens (including phenoxy) is 2. The molecule has 2 aromatic carbocycles. The molecule has 2 aliphatic heterocycles. The van der Waals surface area contributed by atoms with Crippen LogP contribution < -0.4 is 0 Å². The fourth-order valence-corrected chi connectivity index (χ4v) is 4.31. The molecule has 5 rings (SSSR count). The molecule has 0 unspecified atom stereocenters. The Labute approximate surface area is 140 Å². The largest absolute Gasteiger partial charge is 0.463 e. The van der Waals surface area contributed by atoms with Crippen molar-refractivity contribution in [3.63, 3.8) is 0 Å².